The number of halogens is 3. The Hall–Kier alpha value is -2.54. The zero-order valence-electron chi connectivity index (χ0n) is 15.8. The summed E-state index contributed by atoms with van der Waals surface area (Å²) in [5, 5.41) is 6.38. The first kappa shape index (κ1) is 22.2. The molecule has 3 aromatic rings. The third kappa shape index (κ3) is 5.75. The predicted molar refractivity (Wildman–Crippen MR) is 124 cm³/mol. The third-order valence-corrected chi connectivity index (χ3v) is 5.19. The Morgan fingerprint density at radius 3 is 2.40 bits per heavy atom. The van der Waals surface area contributed by atoms with Crippen molar-refractivity contribution in [3.05, 3.63) is 86.3 Å². The van der Waals surface area contributed by atoms with Crippen molar-refractivity contribution >= 4 is 62.3 Å². The van der Waals surface area contributed by atoms with Crippen LogP contribution in [-0.4, -0.2) is 18.4 Å². The van der Waals surface area contributed by atoms with Gasteiger partial charge in [0.05, 0.1) is 9.50 Å². The minimum atomic E-state index is -0.353. The molecule has 2 amide bonds. The van der Waals surface area contributed by atoms with Gasteiger partial charge in [-0.2, -0.15) is 0 Å². The summed E-state index contributed by atoms with van der Waals surface area (Å²) in [6.45, 7) is 1.61. The molecule has 0 spiro atoms. The molecule has 5 nitrogen and oxygen atoms in total. The number of hydrogen-bond acceptors (Lipinski definition) is 3. The fraction of sp³-hybridized carbons (Fsp3) is 0.0909. The first-order chi connectivity index (χ1) is 14.3. The Morgan fingerprint density at radius 2 is 1.73 bits per heavy atom. The highest BCUT2D eigenvalue weighted by Crippen LogP contribution is 2.36. The van der Waals surface area contributed by atoms with Crippen molar-refractivity contribution in [1.29, 1.82) is 0 Å². The lowest BCUT2D eigenvalue weighted by Gasteiger charge is -2.13. The van der Waals surface area contributed by atoms with Gasteiger partial charge in [0.2, 0.25) is 0 Å². The molecular formula is C22H17BrCl2N2O3. The van der Waals surface area contributed by atoms with Gasteiger partial charge in [0, 0.05) is 22.0 Å². The van der Waals surface area contributed by atoms with E-state index in [2.05, 4.69) is 26.6 Å². The Balaban J connectivity index is 1.60. The molecule has 30 heavy (non-hydrogen) atoms. The summed E-state index contributed by atoms with van der Waals surface area (Å²) >= 11 is 15.3. The number of rotatable bonds is 6. The van der Waals surface area contributed by atoms with E-state index >= 15 is 0 Å². The van der Waals surface area contributed by atoms with Gasteiger partial charge in [-0.1, -0.05) is 41.4 Å². The second kappa shape index (κ2) is 9.98. The van der Waals surface area contributed by atoms with Crippen LogP contribution < -0.4 is 15.4 Å². The molecule has 0 radical (unpaired) electrons. The molecule has 0 aliphatic rings. The van der Waals surface area contributed by atoms with Gasteiger partial charge < -0.3 is 15.4 Å². The molecule has 0 saturated heterocycles. The molecule has 2 N–H and O–H groups in total. The lowest BCUT2D eigenvalue weighted by molar-refractivity contribution is -0.118. The number of hydrogen-bond donors (Lipinski definition) is 2. The van der Waals surface area contributed by atoms with Crippen molar-refractivity contribution in [2.75, 3.05) is 17.2 Å². The smallest absolute Gasteiger partial charge is 0.262 e. The molecule has 0 fully saturated rings. The molecule has 8 heteroatoms. The van der Waals surface area contributed by atoms with E-state index in [4.69, 9.17) is 27.9 Å². The summed E-state index contributed by atoms with van der Waals surface area (Å²) in [6, 6.07) is 17.3. The number of aryl methyl sites for hydroxylation is 1. The Kier molecular flexibility index (Phi) is 7.37. The van der Waals surface area contributed by atoms with Crippen LogP contribution in [0.25, 0.3) is 0 Å². The van der Waals surface area contributed by atoms with Gasteiger partial charge in [0.1, 0.15) is 0 Å². The molecule has 0 bridgehead atoms. The Morgan fingerprint density at radius 1 is 1.00 bits per heavy atom. The van der Waals surface area contributed by atoms with Crippen LogP contribution in [0.3, 0.4) is 0 Å². The van der Waals surface area contributed by atoms with Crippen molar-refractivity contribution in [2.24, 2.45) is 0 Å². The largest absolute Gasteiger partial charge is 0.481 e. The normalized spacial score (nSPS) is 10.4. The maximum atomic E-state index is 12.3. The monoisotopic (exact) mass is 506 g/mol. The van der Waals surface area contributed by atoms with Crippen LogP contribution >= 0.6 is 39.1 Å². The topological polar surface area (TPSA) is 67.4 Å². The molecule has 0 aliphatic carbocycles. The zero-order chi connectivity index (χ0) is 21.7. The molecule has 0 heterocycles. The number of anilines is 2. The minimum absolute atomic E-state index is 0.200. The highest BCUT2D eigenvalue weighted by Gasteiger charge is 2.12. The van der Waals surface area contributed by atoms with Crippen LogP contribution in [0.4, 0.5) is 11.4 Å². The second-order valence-corrected chi connectivity index (χ2v) is 8.08. The number of amides is 2. The van der Waals surface area contributed by atoms with Crippen LogP contribution in [0.15, 0.2) is 65.1 Å². The van der Waals surface area contributed by atoms with Crippen LogP contribution in [-0.2, 0) is 4.79 Å². The van der Waals surface area contributed by atoms with E-state index in [-0.39, 0.29) is 18.4 Å². The van der Waals surface area contributed by atoms with Gasteiger partial charge in [0.25, 0.3) is 11.8 Å². The van der Waals surface area contributed by atoms with Gasteiger partial charge in [-0.3, -0.25) is 9.59 Å². The van der Waals surface area contributed by atoms with Crippen LogP contribution in [0.2, 0.25) is 10.0 Å². The van der Waals surface area contributed by atoms with E-state index in [0.717, 1.165) is 5.56 Å². The van der Waals surface area contributed by atoms with Crippen molar-refractivity contribution in [2.45, 2.75) is 6.92 Å². The van der Waals surface area contributed by atoms with E-state index in [1.807, 2.05) is 13.0 Å². The minimum Gasteiger partial charge on any atom is -0.481 e. The number of ether oxygens (including phenoxy) is 1. The van der Waals surface area contributed by atoms with Crippen molar-refractivity contribution in [3.8, 4) is 5.75 Å². The average Bonchev–Trinajstić information content (AvgIpc) is 2.70. The molecule has 154 valence electrons. The summed E-state index contributed by atoms with van der Waals surface area (Å²) in [5.74, 6) is -0.214. The Bertz CT molecular complexity index is 1070. The second-order valence-electron chi connectivity index (χ2n) is 6.39. The van der Waals surface area contributed by atoms with E-state index < -0.39 is 0 Å². The molecule has 0 aromatic heterocycles. The maximum Gasteiger partial charge on any atom is 0.262 e. The molecule has 0 atom stereocenters. The van der Waals surface area contributed by atoms with Crippen LogP contribution in [0, 0.1) is 6.92 Å². The predicted octanol–water partition coefficient (Wildman–Crippen LogP) is 6.33. The summed E-state index contributed by atoms with van der Waals surface area (Å²) < 4.78 is 6.06. The quantitative estimate of drug-likeness (QED) is 0.409. The lowest BCUT2D eigenvalue weighted by atomic mass is 10.1. The van der Waals surface area contributed by atoms with Crippen LogP contribution in [0.5, 0.6) is 5.75 Å². The van der Waals surface area contributed by atoms with E-state index in [1.54, 1.807) is 48.5 Å². The standard InChI is InChI=1S/C22H17BrCl2N2O3/c1-13-9-16(7-8-19(13)27-22(29)14-5-3-2-4-6-14)26-20(28)12-30-21-17(23)10-15(24)11-18(21)25/h2-11H,12H2,1H3,(H,26,28)(H,27,29). The fourth-order valence-electron chi connectivity index (χ4n) is 2.67. The number of benzene rings is 3. The molecule has 3 rings (SSSR count). The van der Waals surface area contributed by atoms with Crippen molar-refractivity contribution in [3.63, 3.8) is 0 Å². The molecule has 0 saturated carbocycles. The van der Waals surface area contributed by atoms with Gasteiger partial charge in [0.15, 0.2) is 12.4 Å². The zero-order valence-corrected chi connectivity index (χ0v) is 18.9. The molecule has 0 unspecified atom stereocenters. The number of carbonyl (C=O) groups excluding carboxylic acids is 2. The summed E-state index contributed by atoms with van der Waals surface area (Å²) in [4.78, 5) is 24.5. The molecule has 0 aliphatic heterocycles. The average molecular weight is 508 g/mol. The summed E-state index contributed by atoms with van der Waals surface area (Å²) in [5.41, 5.74) is 2.62. The van der Waals surface area contributed by atoms with Gasteiger partial charge in [-0.05, 0) is 70.9 Å². The van der Waals surface area contributed by atoms with Crippen molar-refractivity contribution in [1.82, 2.24) is 0 Å². The van der Waals surface area contributed by atoms with E-state index in [0.29, 0.717) is 37.2 Å². The Labute approximate surface area is 192 Å². The third-order valence-electron chi connectivity index (χ3n) is 4.10. The molecular weight excluding hydrogens is 491 g/mol. The summed E-state index contributed by atoms with van der Waals surface area (Å²) in [7, 11) is 0. The highest BCUT2D eigenvalue weighted by molar-refractivity contribution is 9.10. The number of carbonyl (C=O) groups is 2. The molecule has 3 aromatic carbocycles. The highest BCUT2D eigenvalue weighted by atomic mass is 79.9. The van der Waals surface area contributed by atoms with Gasteiger partial charge >= 0.3 is 0 Å². The van der Waals surface area contributed by atoms with Crippen molar-refractivity contribution < 1.29 is 14.3 Å². The van der Waals surface area contributed by atoms with Gasteiger partial charge in [-0.15, -0.1) is 0 Å². The first-order valence-electron chi connectivity index (χ1n) is 8.87. The SMILES string of the molecule is Cc1cc(NC(=O)COc2c(Cl)cc(Cl)cc2Br)ccc1NC(=O)c1ccccc1. The number of nitrogens with one attached hydrogen (secondary N) is 2. The maximum absolute atomic E-state index is 12.3. The van der Waals surface area contributed by atoms with Gasteiger partial charge in [-0.25, -0.2) is 0 Å². The fourth-order valence-corrected chi connectivity index (χ4v) is 4.04. The van der Waals surface area contributed by atoms with E-state index in [1.165, 1.54) is 6.07 Å². The summed E-state index contributed by atoms with van der Waals surface area (Å²) in [6.07, 6.45) is 0. The lowest BCUT2D eigenvalue weighted by Crippen LogP contribution is -2.20. The van der Waals surface area contributed by atoms with E-state index in [9.17, 15) is 9.59 Å². The first-order valence-corrected chi connectivity index (χ1v) is 10.4. The van der Waals surface area contributed by atoms with Crippen LogP contribution in [0.1, 0.15) is 15.9 Å².